The summed E-state index contributed by atoms with van der Waals surface area (Å²) in [6.07, 6.45) is -4.40. The van der Waals surface area contributed by atoms with Crippen molar-refractivity contribution in [2.45, 2.75) is 12.2 Å². The number of thiophene rings is 1. The first-order valence-corrected chi connectivity index (χ1v) is 6.97. The Morgan fingerprint density at radius 1 is 1.26 bits per heavy atom. The highest BCUT2D eigenvalue weighted by Crippen LogP contribution is 2.37. The summed E-state index contributed by atoms with van der Waals surface area (Å²) in [4.78, 5) is 0.859. The summed E-state index contributed by atoms with van der Waals surface area (Å²) in [6, 6.07) is 7.31. The van der Waals surface area contributed by atoms with Crippen LogP contribution in [0.15, 0.2) is 40.2 Å². The van der Waals surface area contributed by atoms with Crippen LogP contribution in [0.3, 0.4) is 0 Å². The molecular formula is C12H10BrF3N2S. The fourth-order valence-corrected chi connectivity index (χ4v) is 3.02. The minimum atomic E-state index is -4.40. The van der Waals surface area contributed by atoms with Crippen molar-refractivity contribution < 1.29 is 13.2 Å². The third-order valence-corrected chi connectivity index (χ3v) is 4.25. The van der Waals surface area contributed by atoms with Gasteiger partial charge in [-0.1, -0.05) is 28.1 Å². The molecule has 0 radical (unpaired) electrons. The highest BCUT2D eigenvalue weighted by atomic mass is 79.9. The summed E-state index contributed by atoms with van der Waals surface area (Å²) < 4.78 is 38.6. The van der Waals surface area contributed by atoms with E-state index in [-0.39, 0.29) is 4.47 Å². The Morgan fingerprint density at radius 2 is 2.00 bits per heavy atom. The van der Waals surface area contributed by atoms with Gasteiger partial charge in [0.25, 0.3) is 0 Å². The molecule has 102 valence electrons. The highest BCUT2D eigenvalue weighted by Gasteiger charge is 2.33. The fourth-order valence-electron chi connectivity index (χ4n) is 1.74. The van der Waals surface area contributed by atoms with E-state index in [0.717, 1.165) is 10.9 Å². The maximum atomic E-state index is 12.9. The largest absolute Gasteiger partial charge is 0.417 e. The Bertz CT molecular complexity index is 555. The van der Waals surface area contributed by atoms with E-state index in [9.17, 15) is 13.2 Å². The average Bonchev–Trinajstić information content (AvgIpc) is 2.84. The number of alkyl halides is 3. The summed E-state index contributed by atoms with van der Waals surface area (Å²) in [5, 5.41) is 1.85. The van der Waals surface area contributed by atoms with Gasteiger partial charge in [0, 0.05) is 9.35 Å². The van der Waals surface area contributed by atoms with E-state index in [0.29, 0.717) is 5.56 Å². The van der Waals surface area contributed by atoms with Crippen molar-refractivity contribution in [1.29, 1.82) is 0 Å². The van der Waals surface area contributed by atoms with Crippen LogP contribution in [0.25, 0.3) is 0 Å². The number of hydrazine groups is 1. The fraction of sp³-hybridized carbons (Fsp3) is 0.167. The molecule has 7 heteroatoms. The summed E-state index contributed by atoms with van der Waals surface area (Å²) in [7, 11) is 0. The lowest BCUT2D eigenvalue weighted by Gasteiger charge is -2.17. The minimum absolute atomic E-state index is 0.0192. The number of hydrogen-bond acceptors (Lipinski definition) is 3. The van der Waals surface area contributed by atoms with Gasteiger partial charge >= 0.3 is 6.18 Å². The first-order chi connectivity index (χ1) is 8.93. The molecule has 0 saturated heterocycles. The first-order valence-electron chi connectivity index (χ1n) is 5.29. The van der Waals surface area contributed by atoms with Crippen LogP contribution in [-0.4, -0.2) is 0 Å². The average molecular weight is 351 g/mol. The number of rotatable bonds is 3. The highest BCUT2D eigenvalue weighted by molar-refractivity contribution is 9.10. The van der Waals surface area contributed by atoms with Crippen molar-refractivity contribution in [3.05, 3.63) is 56.2 Å². The maximum Gasteiger partial charge on any atom is 0.417 e. The molecule has 1 aromatic carbocycles. The molecule has 0 aliphatic rings. The minimum Gasteiger partial charge on any atom is -0.271 e. The van der Waals surface area contributed by atoms with Crippen LogP contribution in [0.4, 0.5) is 13.2 Å². The van der Waals surface area contributed by atoms with Gasteiger partial charge in [-0.3, -0.25) is 5.84 Å². The van der Waals surface area contributed by atoms with E-state index < -0.39 is 17.8 Å². The first kappa shape index (κ1) is 14.5. The second-order valence-corrected chi connectivity index (χ2v) is 5.69. The predicted octanol–water partition coefficient (Wildman–Crippen LogP) is 4.08. The van der Waals surface area contributed by atoms with Crippen molar-refractivity contribution in [2.75, 3.05) is 0 Å². The number of nitrogens with one attached hydrogen (secondary N) is 1. The normalized spacial score (nSPS) is 13.5. The van der Waals surface area contributed by atoms with Gasteiger partial charge in [0.2, 0.25) is 0 Å². The van der Waals surface area contributed by atoms with Gasteiger partial charge in [-0.25, -0.2) is 5.43 Å². The van der Waals surface area contributed by atoms with Crippen LogP contribution < -0.4 is 11.3 Å². The number of nitrogens with two attached hydrogens (primary N) is 1. The van der Waals surface area contributed by atoms with E-state index >= 15 is 0 Å². The molecule has 2 rings (SSSR count). The Morgan fingerprint density at radius 3 is 2.53 bits per heavy atom. The zero-order valence-electron chi connectivity index (χ0n) is 9.54. The molecule has 0 bridgehead atoms. The van der Waals surface area contributed by atoms with Crippen LogP contribution in [0.5, 0.6) is 0 Å². The van der Waals surface area contributed by atoms with E-state index in [4.69, 9.17) is 5.84 Å². The van der Waals surface area contributed by atoms with Gasteiger partial charge in [0.05, 0.1) is 11.6 Å². The molecule has 0 aliphatic carbocycles. The SMILES string of the molecule is NNC(c1ccc(Br)c(C(F)(F)F)c1)c1cccs1. The molecule has 0 aliphatic heterocycles. The van der Waals surface area contributed by atoms with Crippen LogP contribution >= 0.6 is 27.3 Å². The molecule has 1 atom stereocenters. The zero-order chi connectivity index (χ0) is 14.0. The van der Waals surface area contributed by atoms with Crippen LogP contribution in [0, 0.1) is 0 Å². The number of benzene rings is 1. The summed E-state index contributed by atoms with van der Waals surface area (Å²) in [6.45, 7) is 0. The van der Waals surface area contributed by atoms with Crippen molar-refractivity contribution >= 4 is 27.3 Å². The maximum absolute atomic E-state index is 12.9. The molecule has 19 heavy (non-hydrogen) atoms. The van der Waals surface area contributed by atoms with Crippen molar-refractivity contribution in [2.24, 2.45) is 5.84 Å². The molecule has 2 nitrogen and oxygen atoms in total. The Kier molecular flexibility index (Phi) is 4.29. The van der Waals surface area contributed by atoms with E-state index in [1.165, 1.54) is 17.4 Å². The van der Waals surface area contributed by atoms with E-state index in [2.05, 4.69) is 21.4 Å². The van der Waals surface area contributed by atoms with Gasteiger partial charge in [0.1, 0.15) is 0 Å². The zero-order valence-corrected chi connectivity index (χ0v) is 11.9. The van der Waals surface area contributed by atoms with Crippen LogP contribution in [-0.2, 0) is 6.18 Å². The third-order valence-electron chi connectivity index (χ3n) is 2.62. The Balaban J connectivity index is 2.45. The molecule has 0 saturated carbocycles. The number of halogens is 4. The van der Waals surface area contributed by atoms with Crippen molar-refractivity contribution in [1.82, 2.24) is 5.43 Å². The monoisotopic (exact) mass is 350 g/mol. The topological polar surface area (TPSA) is 38.0 Å². The molecule has 1 unspecified atom stereocenters. The predicted molar refractivity (Wildman–Crippen MR) is 72.6 cm³/mol. The summed E-state index contributed by atoms with van der Waals surface area (Å²) in [5.74, 6) is 5.46. The quantitative estimate of drug-likeness (QED) is 0.646. The lowest BCUT2D eigenvalue weighted by molar-refractivity contribution is -0.138. The van der Waals surface area contributed by atoms with Crippen molar-refractivity contribution in [3.63, 3.8) is 0 Å². The molecule has 0 spiro atoms. The lowest BCUT2D eigenvalue weighted by Crippen LogP contribution is -2.28. The molecule has 0 amide bonds. The van der Waals surface area contributed by atoms with E-state index in [1.54, 1.807) is 6.07 Å². The van der Waals surface area contributed by atoms with Crippen LogP contribution in [0.1, 0.15) is 22.0 Å². The number of hydrogen-bond donors (Lipinski definition) is 2. The van der Waals surface area contributed by atoms with E-state index in [1.807, 2.05) is 17.5 Å². The van der Waals surface area contributed by atoms with Crippen LogP contribution in [0.2, 0.25) is 0 Å². The third kappa shape index (κ3) is 3.17. The van der Waals surface area contributed by atoms with Gasteiger partial charge < -0.3 is 0 Å². The van der Waals surface area contributed by atoms with Gasteiger partial charge in [-0.15, -0.1) is 11.3 Å². The summed E-state index contributed by atoms with van der Waals surface area (Å²) in [5.41, 5.74) is 2.31. The molecule has 0 fully saturated rings. The molecule has 2 aromatic rings. The van der Waals surface area contributed by atoms with Crippen molar-refractivity contribution in [3.8, 4) is 0 Å². The Hall–Kier alpha value is -0.890. The molecule has 3 N–H and O–H groups in total. The molecular weight excluding hydrogens is 341 g/mol. The molecule has 1 aromatic heterocycles. The Labute approximate surface area is 120 Å². The standard InChI is InChI=1S/C12H10BrF3N2S/c13-9-4-3-7(6-8(9)12(14,15)16)11(18-17)10-2-1-5-19-10/h1-6,11,18H,17H2. The van der Waals surface area contributed by atoms with Gasteiger partial charge in [-0.2, -0.15) is 13.2 Å². The molecule has 1 heterocycles. The smallest absolute Gasteiger partial charge is 0.271 e. The second kappa shape index (κ2) is 5.62. The van der Waals surface area contributed by atoms with Gasteiger partial charge in [-0.05, 0) is 29.1 Å². The second-order valence-electron chi connectivity index (χ2n) is 3.85. The lowest BCUT2D eigenvalue weighted by atomic mass is 10.0. The summed E-state index contributed by atoms with van der Waals surface area (Å²) >= 11 is 4.35. The van der Waals surface area contributed by atoms with Gasteiger partial charge in [0.15, 0.2) is 0 Å².